The highest BCUT2D eigenvalue weighted by Gasteiger charge is 2.23. The number of aromatic nitrogens is 3. The quantitative estimate of drug-likeness (QED) is 0.693. The van der Waals surface area contributed by atoms with Crippen molar-refractivity contribution >= 4 is 11.6 Å². The predicted molar refractivity (Wildman–Crippen MR) is 110 cm³/mol. The zero-order valence-electron chi connectivity index (χ0n) is 16.2. The van der Waals surface area contributed by atoms with E-state index in [0.717, 1.165) is 23.4 Å². The molecule has 1 aliphatic heterocycles. The topological polar surface area (TPSA) is 80.3 Å². The lowest BCUT2D eigenvalue weighted by Crippen LogP contribution is -2.35. The van der Waals surface area contributed by atoms with Crippen molar-refractivity contribution < 1.29 is 9.47 Å². The van der Waals surface area contributed by atoms with Gasteiger partial charge in [-0.2, -0.15) is 4.98 Å². The van der Waals surface area contributed by atoms with Crippen molar-refractivity contribution in [1.82, 2.24) is 19.9 Å². The molecule has 0 fully saturated rings. The fourth-order valence-electron chi connectivity index (χ4n) is 3.46. The molecule has 0 radical (unpaired) electrons. The van der Waals surface area contributed by atoms with Gasteiger partial charge in [0.25, 0.3) is 5.56 Å². The summed E-state index contributed by atoms with van der Waals surface area (Å²) in [6, 6.07) is 11.0. The lowest BCUT2D eigenvalue weighted by Gasteiger charge is -2.28. The minimum absolute atomic E-state index is 0.107. The van der Waals surface area contributed by atoms with Crippen LogP contribution in [-0.4, -0.2) is 40.6 Å². The van der Waals surface area contributed by atoms with Gasteiger partial charge < -0.3 is 14.5 Å². The van der Waals surface area contributed by atoms with Crippen LogP contribution in [0.3, 0.4) is 0 Å². The van der Waals surface area contributed by atoms with Crippen molar-refractivity contribution in [3.05, 3.63) is 68.6 Å². The fraction of sp³-hybridized carbons (Fsp3) is 0.286. The molecule has 150 valence electrons. The molecule has 0 amide bonds. The van der Waals surface area contributed by atoms with Gasteiger partial charge in [-0.3, -0.25) is 9.69 Å². The van der Waals surface area contributed by atoms with E-state index in [1.807, 2.05) is 24.3 Å². The number of H-pyrrole nitrogens is 1. The minimum atomic E-state index is -0.107. The molecule has 0 bridgehead atoms. The largest absolute Gasteiger partial charge is 0.481 e. The molecule has 3 aromatic rings. The Morgan fingerprint density at radius 2 is 1.90 bits per heavy atom. The molecular weight excluding hydrogens is 392 g/mol. The van der Waals surface area contributed by atoms with Gasteiger partial charge in [0.05, 0.1) is 25.5 Å². The molecule has 29 heavy (non-hydrogen) atoms. The van der Waals surface area contributed by atoms with Crippen LogP contribution in [0, 0.1) is 0 Å². The molecule has 0 saturated carbocycles. The summed E-state index contributed by atoms with van der Waals surface area (Å²) in [6.45, 7) is 1.93. The fourth-order valence-corrected chi connectivity index (χ4v) is 3.59. The van der Waals surface area contributed by atoms with E-state index in [2.05, 4.69) is 14.9 Å². The Hall–Kier alpha value is -2.90. The number of aromatic amines is 1. The van der Waals surface area contributed by atoms with Gasteiger partial charge >= 0.3 is 0 Å². The number of ether oxygens (including phenoxy) is 2. The van der Waals surface area contributed by atoms with Crippen LogP contribution in [0.1, 0.15) is 16.8 Å². The maximum atomic E-state index is 12.7. The lowest BCUT2D eigenvalue weighted by atomic mass is 10.1. The summed E-state index contributed by atoms with van der Waals surface area (Å²) < 4.78 is 10.5. The number of methoxy groups -OCH3 is 2. The van der Waals surface area contributed by atoms with Gasteiger partial charge in [-0.05, 0) is 30.3 Å². The van der Waals surface area contributed by atoms with Gasteiger partial charge in [0, 0.05) is 48.3 Å². The number of pyridine rings is 1. The SMILES string of the molecule is COc1ccc(CN2CCc3nc(-c4ccc(Cl)cc4)[nH]c(=O)c3C2)c(OC)n1. The number of benzene rings is 1. The summed E-state index contributed by atoms with van der Waals surface area (Å²) in [5.74, 6) is 1.60. The number of nitrogens with zero attached hydrogens (tertiary/aromatic N) is 3. The van der Waals surface area contributed by atoms with E-state index in [-0.39, 0.29) is 5.56 Å². The summed E-state index contributed by atoms with van der Waals surface area (Å²) >= 11 is 5.95. The zero-order valence-corrected chi connectivity index (χ0v) is 17.0. The highest BCUT2D eigenvalue weighted by molar-refractivity contribution is 6.30. The first-order valence-corrected chi connectivity index (χ1v) is 9.63. The summed E-state index contributed by atoms with van der Waals surface area (Å²) in [4.78, 5) is 26.8. The van der Waals surface area contributed by atoms with Crippen molar-refractivity contribution in [1.29, 1.82) is 0 Å². The normalized spacial score (nSPS) is 13.8. The van der Waals surface area contributed by atoms with Gasteiger partial charge in [0.1, 0.15) is 5.82 Å². The highest BCUT2D eigenvalue weighted by Crippen LogP contribution is 2.25. The molecule has 0 saturated heterocycles. The molecule has 0 atom stereocenters. The number of hydrogen-bond donors (Lipinski definition) is 1. The monoisotopic (exact) mass is 412 g/mol. The maximum Gasteiger partial charge on any atom is 0.255 e. The number of hydrogen-bond acceptors (Lipinski definition) is 6. The Kier molecular flexibility index (Phi) is 5.51. The molecule has 3 heterocycles. The minimum Gasteiger partial charge on any atom is -0.481 e. The predicted octanol–water partition coefficient (Wildman–Crippen LogP) is 3.06. The number of fused-ring (bicyclic) bond motifs is 1. The van der Waals surface area contributed by atoms with E-state index < -0.39 is 0 Å². The van der Waals surface area contributed by atoms with Crippen molar-refractivity contribution in [3.63, 3.8) is 0 Å². The highest BCUT2D eigenvalue weighted by atomic mass is 35.5. The first-order valence-electron chi connectivity index (χ1n) is 9.25. The summed E-state index contributed by atoms with van der Waals surface area (Å²) in [7, 11) is 3.16. The Bertz CT molecular complexity index is 1080. The van der Waals surface area contributed by atoms with E-state index in [0.29, 0.717) is 47.7 Å². The van der Waals surface area contributed by atoms with Crippen molar-refractivity contribution in [3.8, 4) is 23.1 Å². The van der Waals surface area contributed by atoms with Crippen LogP contribution in [0.4, 0.5) is 0 Å². The molecule has 1 aromatic carbocycles. The van der Waals surface area contributed by atoms with Gasteiger partial charge in [0.2, 0.25) is 11.8 Å². The third-order valence-electron chi connectivity index (χ3n) is 4.98. The van der Waals surface area contributed by atoms with Crippen LogP contribution in [0.2, 0.25) is 5.02 Å². The third kappa shape index (κ3) is 4.11. The first-order chi connectivity index (χ1) is 14.1. The Morgan fingerprint density at radius 1 is 1.10 bits per heavy atom. The van der Waals surface area contributed by atoms with Crippen LogP contribution < -0.4 is 15.0 Å². The lowest BCUT2D eigenvalue weighted by molar-refractivity contribution is 0.236. The molecular formula is C21H21ClN4O3. The standard InChI is InChI=1S/C21H21ClN4O3/c1-28-18-8-5-14(21(24-18)29-2)11-26-10-9-17-16(12-26)20(27)25-19(23-17)13-3-6-15(22)7-4-13/h3-8H,9-12H2,1-2H3,(H,23,25,27). The summed E-state index contributed by atoms with van der Waals surface area (Å²) in [5.41, 5.74) is 3.22. The Labute approximate surface area is 173 Å². The number of nitrogens with one attached hydrogen (secondary N) is 1. The van der Waals surface area contributed by atoms with Crippen LogP contribution >= 0.6 is 11.6 Å². The van der Waals surface area contributed by atoms with E-state index in [4.69, 9.17) is 26.1 Å². The van der Waals surface area contributed by atoms with E-state index in [9.17, 15) is 4.79 Å². The van der Waals surface area contributed by atoms with Crippen LogP contribution in [0.5, 0.6) is 11.8 Å². The van der Waals surface area contributed by atoms with Crippen LogP contribution in [0.15, 0.2) is 41.2 Å². The van der Waals surface area contributed by atoms with Gasteiger partial charge in [-0.15, -0.1) is 0 Å². The Morgan fingerprint density at radius 3 is 2.62 bits per heavy atom. The smallest absolute Gasteiger partial charge is 0.255 e. The summed E-state index contributed by atoms with van der Waals surface area (Å²) in [6.07, 6.45) is 0.700. The molecule has 4 rings (SSSR count). The summed E-state index contributed by atoms with van der Waals surface area (Å²) in [5, 5.41) is 0.646. The molecule has 1 aliphatic rings. The molecule has 0 unspecified atom stereocenters. The molecule has 8 heteroatoms. The molecule has 0 aliphatic carbocycles. The van der Waals surface area contributed by atoms with Crippen LogP contribution in [0.25, 0.3) is 11.4 Å². The second-order valence-corrected chi connectivity index (χ2v) is 7.27. The van der Waals surface area contributed by atoms with Crippen LogP contribution in [-0.2, 0) is 19.5 Å². The average Bonchev–Trinajstić information content (AvgIpc) is 2.75. The van der Waals surface area contributed by atoms with Crippen molar-refractivity contribution in [2.45, 2.75) is 19.5 Å². The first kappa shape index (κ1) is 19.4. The number of halogens is 1. The van der Waals surface area contributed by atoms with Gasteiger partial charge in [0.15, 0.2) is 0 Å². The van der Waals surface area contributed by atoms with Crippen molar-refractivity contribution in [2.75, 3.05) is 20.8 Å². The second kappa shape index (κ2) is 8.23. The molecule has 7 nitrogen and oxygen atoms in total. The molecule has 1 N–H and O–H groups in total. The Balaban J connectivity index is 1.56. The van der Waals surface area contributed by atoms with Gasteiger partial charge in [-0.1, -0.05) is 11.6 Å². The van der Waals surface area contributed by atoms with Gasteiger partial charge in [-0.25, -0.2) is 4.98 Å². The third-order valence-corrected chi connectivity index (χ3v) is 5.23. The number of rotatable bonds is 5. The maximum absolute atomic E-state index is 12.7. The zero-order chi connectivity index (χ0) is 20.4. The van der Waals surface area contributed by atoms with E-state index in [1.165, 1.54) is 0 Å². The van der Waals surface area contributed by atoms with E-state index in [1.54, 1.807) is 26.4 Å². The van der Waals surface area contributed by atoms with Crippen molar-refractivity contribution in [2.24, 2.45) is 0 Å². The average molecular weight is 413 g/mol. The molecule has 2 aromatic heterocycles. The van der Waals surface area contributed by atoms with E-state index >= 15 is 0 Å². The molecule has 0 spiro atoms. The second-order valence-electron chi connectivity index (χ2n) is 6.83.